The second-order valence-corrected chi connectivity index (χ2v) is 5.15. The first kappa shape index (κ1) is 15.1. The van der Waals surface area contributed by atoms with E-state index in [4.69, 9.17) is 5.11 Å². The molecule has 100 valence electrons. The van der Waals surface area contributed by atoms with E-state index in [1.165, 1.54) is 12.1 Å². The molecule has 0 aliphatic heterocycles. The smallest absolute Gasteiger partial charge is 0.317 e. The molecular weight excluding hydrogens is 301 g/mol. The topological polar surface area (TPSA) is 40.5 Å². The van der Waals surface area contributed by atoms with Crippen LogP contribution >= 0.6 is 15.9 Å². The lowest BCUT2D eigenvalue weighted by Crippen LogP contribution is -2.36. The molecule has 0 aliphatic rings. The highest BCUT2D eigenvalue weighted by atomic mass is 79.9. The van der Waals surface area contributed by atoms with Crippen molar-refractivity contribution >= 4 is 21.9 Å². The van der Waals surface area contributed by atoms with Crippen LogP contribution in [0.2, 0.25) is 0 Å². The minimum Gasteiger partial charge on any atom is -0.480 e. The number of carbonyl (C=O) groups is 1. The molecule has 18 heavy (non-hydrogen) atoms. The second kappa shape index (κ2) is 6.85. The Morgan fingerprint density at radius 2 is 2.22 bits per heavy atom. The maximum Gasteiger partial charge on any atom is 0.317 e. The van der Waals surface area contributed by atoms with E-state index in [2.05, 4.69) is 15.9 Å². The highest BCUT2D eigenvalue weighted by Crippen LogP contribution is 2.21. The average molecular weight is 318 g/mol. The van der Waals surface area contributed by atoms with Crippen LogP contribution in [-0.4, -0.2) is 28.6 Å². The average Bonchev–Trinajstić information content (AvgIpc) is 2.30. The molecule has 1 N–H and O–H groups in total. The van der Waals surface area contributed by atoms with Gasteiger partial charge in [-0.1, -0.05) is 28.9 Å². The SMILES string of the molecule is CCC(C)N(CC(=O)O)Cc1ccc(F)cc1Br. The Balaban J connectivity index is 2.85. The molecular formula is C13H17BrFNO2. The first-order valence-electron chi connectivity index (χ1n) is 5.83. The van der Waals surface area contributed by atoms with Gasteiger partial charge in [-0.15, -0.1) is 0 Å². The van der Waals surface area contributed by atoms with Crippen LogP contribution in [0.3, 0.4) is 0 Å². The lowest BCUT2D eigenvalue weighted by Gasteiger charge is -2.27. The zero-order chi connectivity index (χ0) is 13.7. The number of hydrogen-bond donors (Lipinski definition) is 1. The third kappa shape index (κ3) is 4.38. The Kier molecular flexibility index (Phi) is 5.75. The summed E-state index contributed by atoms with van der Waals surface area (Å²) in [6.45, 7) is 4.47. The highest BCUT2D eigenvalue weighted by Gasteiger charge is 2.17. The Morgan fingerprint density at radius 3 is 2.72 bits per heavy atom. The van der Waals surface area contributed by atoms with Gasteiger partial charge in [0.15, 0.2) is 0 Å². The van der Waals surface area contributed by atoms with Crippen LogP contribution in [0.5, 0.6) is 0 Å². The van der Waals surface area contributed by atoms with Gasteiger partial charge in [-0.25, -0.2) is 4.39 Å². The summed E-state index contributed by atoms with van der Waals surface area (Å²) in [7, 11) is 0. The number of benzene rings is 1. The molecule has 0 radical (unpaired) electrons. The van der Waals surface area contributed by atoms with Crippen LogP contribution in [0, 0.1) is 5.82 Å². The Hall–Kier alpha value is -0.940. The van der Waals surface area contributed by atoms with Gasteiger partial charge < -0.3 is 5.11 Å². The molecule has 1 rings (SSSR count). The van der Waals surface area contributed by atoms with Gasteiger partial charge in [0.25, 0.3) is 0 Å². The van der Waals surface area contributed by atoms with E-state index in [1.54, 1.807) is 6.07 Å². The van der Waals surface area contributed by atoms with Gasteiger partial charge in [0.2, 0.25) is 0 Å². The molecule has 1 aromatic carbocycles. The molecule has 0 aromatic heterocycles. The summed E-state index contributed by atoms with van der Waals surface area (Å²) >= 11 is 3.30. The molecule has 0 fully saturated rings. The predicted octanol–water partition coefficient (Wildman–Crippen LogP) is 3.27. The predicted molar refractivity (Wildman–Crippen MR) is 71.9 cm³/mol. The van der Waals surface area contributed by atoms with Crippen LogP contribution in [0.25, 0.3) is 0 Å². The third-order valence-electron chi connectivity index (χ3n) is 2.94. The summed E-state index contributed by atoms with van der Waals surface area (Å²) in [6, 6.07) is 4.62. The second-order valence-electron chi connectivity index (χ2n) is 4.29. The van der Waals surface area contributed by atoms with Crippen LogP contribution in [0.4, 0.5) is 4.39 Å². The molecule has 0 saturated carbocycles. The molecule has 0 amide bonds. The van der Waals surface area contributed by atoms with Gasteiger partial charge in [0.05, 0.1) is 6.54 Å². The molecule has 0 spiro atoms. The quantitative estimate of drug-likeness (QED) is 0.875. The van der Waals surface area contributed by atoms with Crippen molar-refractivity contribution in [2.45, 2.75) is 32.9 Å². The van der Waals surface area contributed by atoms with Crippen LogP contribution in [0.15, 0.2) is 22.7 Å². The first-order chi connectivity index (χ1) is 8.43. The zero-order valence-corrected chi connectivity index (χ0v) is 12.1. The van der Waals surface area contributed by atoms with Crippen LogP contribution in [-0.2, 0) is 11.3 Å². The minimum atomic E-state index is -0.853. The Bertz CT molecular complexity index is 425. The van der Waals surface area contributed by atoms with Crippen molar-refractivity contribution in [3.8, 4) is 0 Å². The van der Waals surface area contributed by atoms with Gasteiger partial charge in [0, 0.05) is 17.1 Å². The van der Waals surface area contributed by atoms with E-state index in [0.29, 0.717) is 11.0 Å². The van der Waals surface area contributed by atoms with Crippen molar-refractivity contribution in [3.05, 3.63) is 34.1 Å². The number of rotatable bonds is 6. The minimum absolute atomic E-state index is 0.0151. The number of nitrogens with zero attached hydrogens (tertiary/aromatic N) is 1. The third-order valence-corrected chi connectivity index (χ3v) is 3.68. The molecule has 0 saturated heterocycles. The van der Waals surface area contributed by atoms with Crippen molar-refractivity contribution in [1.29, 1.82) is 0 Å². The standard InChI is InChI=1S/C13H17BrFNO2/c1-3-9(2)16(8-13(17)18)7-10-4-5-11(15)6-12(10)14/h4-6,9H,3,7-8H2,1-2H3,(H,17,18). The fourth-order valence-corrected chi connectivity index (χ4v) is 2.14. The van der Waals surface area contributed by atoms with Crippen LogP contribution in [0.1, 0.15) is 25.8 Å². The van der Waals surface area contributed by atoms with E-state index in [1.807, 2.05) is 18.7 Å². The summed E-state index contributed by atoms with van der Waals surface area (Å²) in [5, 5.41) is 8.91. The van der Waals surface area contributed by atoms with Crippen molar-refractivity contribution in [3.63, 3.8) is 0 Å². The maximum absolute atomic E-state index is 13.0. The molecule has 1 aromatic rings. The number of aliphatic carboxylic acids is 1. The Morgan fingerprint density at radius 1 is 1.56 bits per heavy atom. The van der Waals surface area contributed by atoms with Crippen LogP contribution < -0.4 is 0 Å². The van der Waals surface area contributed by atoms with Gasteiger partial charge in [0.1, 0.15) is 5.82 Å². The molecule has 0 aliphatic carbocycles. The van der Waals surface area contributed by atoms with E-state index in [0.717, 1.165) is 12.0 Å². The van der Waals surface area contributed by atoms with Gasteiger partial charge in [-0.05, 0) is 31.0 Å². The van der Waals surface area contributed by atoms with Crippen molar-refractivity contribution < 1.29 is 14.3 Å². The fourth-order valence-electron chi connectivity index (χ4n) is 1.67. The van der Waals surface area contributed by atoms with Gasteiger partial charge in [-0.2, -0.15) is 0 Å². The number of carboxylic acid groups (broad SMARTS) is 1. The van der Waals surface area contributed by atoms with E-state index >= 15 is 0 Å². The Labute approximate surface area is 115 Å². The summed E-state index contributed by atoms with van der Waals surface area (Å²) < 4.78 is 13.6. The number of hydrogen-bond acceptors (Lipinski definition) is 2. The number of halogens is 2. The summed E-state index contributed by atoms with van der Waals surface area (Å²) in [6.07, 6.45) is 0.867. The van der Waals surface area contributed by atoms with E-state index < -0.39 is 5.97 Å². The number of carboxylic acids is 1. The van der Waals surface area contributed by atoms with Crippen molar-refractivity contribution in [1.82, 2.24) is 4.90 Å². The highest BCUT2D eigenvalue weighted by molar-refractivity contribution is 9.10. The molecule has 3 nitrogen and oxygen atoms in total. The zero-order valence-electron chi connectivity index (χ0n) is 10.5. The monoisotopic (exact) mass is 317 g/mol. The normalized spacial score (nSPS) is 12.7. The molecule has 5 heteroatoms. The van der Waals surface area contributed by atoms with Crippen molar-refractivity contribution in [2.24, 2.45) is 0 Å². The fraction of sp³-hybridized carbons (Fsp3) is 0.462. The molecule has 1 unspecified atom stereocenters. The summed E-state index contributed by atoms with van der Waals surface area (Å²) in [5.41, 5.74) is 0.887. The van der Waals surface area contributed by atoms with Crippen molar-refractivity contribution in [2.75, 3.05) is 6.54 Å². The maximum atomic E-state index is 13.0. The van der Waals surface area contributed by atoms with E-state index in [9.17, 15) is 9.18 Å². The lowest BCUT2D eigenvalue weighted by atomic mass is 10.1. The molecule has 0 bridgehead atoms. The molecule has 0 heterocycles. The van der Waals surface area contributed by atoms with Gasteiger partial charge in [-0.3, -0.25) is 9.69 Å². The largest absolute Gasteiger partial charge is 0.480 e. The lowest BCUT2D eigenvalue weighted by molar-refractivity contribution is -0.139. The first-order valence-corrected chi connectivity index (χ1v) is 6.63. The van der Waals surface area contributed by atoms with Gasteiger partial charge >= 0.3 is 5.97 Å². The van der Waals surface area contributed by atoms with E-state index in [-0.39, 0.29) is 18.4 Å². The summed E-state index contributed by atoms with van der Waals surface area (Å²) in [4.78, 5) is 12.7. The molecule has 1 atom stereocenters. The summed E-state index contributed by atoms with van der Waals surface area (Å²) in [5.74, 6) is -1.16.